The molecule has 4 nitrogen and oxygen atoms in total. The second-order valence-corrected chi connectivity index (χ2v) is 12.0. The number of aliphatic hydroxyl groups is 1. The van der Waals surface area contributed by atoms with Crippen LogP contribution >= 0.6 is 0 Å². The van der Waals surface area contributed by atoms with E-state index in [4.69, 9.17) is 0 Å². The van der Waals surface area contributed by atoms with E-state index in [1.54, 1.807) is 19.1 Å². The van der Waals surface area contributed by atoms with Gasteiger partial charge in [-0.15, -0.1) is 0 Å². The lowest BCUT2D eigenvalue weighted by Crippen LogP contribution is -2.67. The molecule has 4 rings (SSSR count). The first-order chi connectivity index (χ1) is 15.3. The van der Waals surface area contributed by atoms with E-state index in [1.165, 1.54) is 6.08 Å². The van der Waals surface area contributed by atoms with Gasteiger partial charge >= 0.3 is 0 Å². The molecule has 0 bridgehead atoms. The molecule has 0 radical (unpaired) electrons. The molecule has 3 saturated carbocycles. The molecule has 3 fully saturated rings. The van der Waals surface area contributed by atoms with E-state index in [0.717, 1.165) is 12.0 Å². The third kappa shape index (κ3) is 3.28. The number of hydrogen-bond acceptors (Lipinski definition) is 4. The Morgan fingerprint density at radius 1 is 1.21 bits per heavy atom. The van der Waals surface area contributed by atoms with Crippen molar-refractivity contribution in [1.82, 2.24) is 0 Å². The second-order valence-electron chi connectivity index (χ2n) is 12.0. The van der Waals surface area contributed by atoms with Crippen LogP contribution in [0.3, 0.4) is 0 Å². The smallest absolute Gasteiger partial charge is 0.178 e. The van der Waals surface area contributed by atoms with Gasteiger partial charge in [-0.05, 0) is 74.9 Å². The molecule has 0 saturated heterocycles. The predicted octanol–water partition coefficient (Wildman–Crippen LogP) is 5.04. The fourth-order valence-electron chi connectivity index (χ4n) is 8.60. The maximum atomic E-state index is 17.3. The fourth-order valence-corrected chi connectivity index (χ4v) is 8.60. The average Bonchev–Trinajstić information content (AvgIpc) is 2.99. The highest BCUT2D eigenvalue weighted by Crippen LogP contribution is 2.70. The molecule has 0 aromatic carbocycles. The van der Waals surface area contributed by atoms with Crippen molar-refractivity contribution in [1.29, 1.82) is 0 Å². The van der Waals surface area contributed by atoms with E-state index in [0.29, 0.717) is 12.8 Å². The van der Waals surface area contributed by atoms with Crippen LogP contribution in [0.2, 0.25) is 0 Å². The van der Waals surface area contributed by atoms with Gasteiger partial charge < -0.3 is 5.11 Å². The lowest BCUT2D eigenvalue weighted by Gasteiger charge is -2.63. The van der Waals surface area contributed by atoms with Crippen LogP contribution in [0.4, 0.5) is 4.39 Å². The molecule has 4 aliphatic carbocycles. The SMILES string of the molecule is CCC(CC(=O)C1[C@H](C)CC2C3C[C@H](C)C4=CC(=O)C=CC4(C)[C@@]3(F)C(O)CC21C)C(C)=O. The number of aliphatic hydroxyl groups excluding tert-OH is 1. The molecule has 33 heavy (non-hydrogen) atoms. The van der Waals surface area contributed by atoms with Crippen molar-refractivity contribution in [2.24, 2.45) is 46.3 Å². The highest BCUT2D eigenvalue weighted by atomic mass is 19.1. The summed E-state index contributed by atoms with van der Waals surface area (Å²) in [5, 5.41) is 11.4. The molecule has 4 aliphatic rings. The fraction of sp³-hybridized carbons (Fsp3) is 0.750. The summed E-state index contributed by atoms with van der Waals surface area (Å²) in [6, 6.07) is 0. The number of allylic oxidation sites excluding steroid dienone is 4. The largest absolute Gasteiger partial charge is 0.390 e. The van der Waals surface area contributed by atoms with Crippen molar-refractivity contribution in [3.8, 4) is 0 Å². The molecule has 0 amide bonds. The van der Waals surface area contributed by atoms with E-state index in [-0.39, 0.29) is 59.8 Å². The lowest BCUT2D eigenvalue weighted by molar-refractivity contribution is -0.200. The Kier molecular flexibility index (Phi) is 5.91. The van der Waals surface area contributed by atoms with Gasteiger partial charge in [-0.2, -0.15) is 0 Å². The van der Waals surface area contributed by atoms with Crippen molar-refractivity contribution >= 4 is 17.3 Å². The van der Waals surface area contributed by atoms with Crippen LogP contribution in [-0.4, -0.2) is 34.2 Å². The van der Waals surface area contributed by atoms with Crippen LogP contribution in [0.5, 0.6) is 0 Å². The Labute approximate surface area is 197 Å². The van der Waals surface area contributed by atoms with E-state index in [2.05, 4.69) is 13.8 Å². The van der Waals surface area contributed by atoms with Crippen LogP contribution in [-0.2, 0) is 14.4 Å². The van der Waals surface area contributed by atoms with Gasteiger partial charge in [0.15, 0.2) is 11.5 Å². The number of ketones is 3. The highest BCUT2D eigenvalue weighted by Gasteiger charge is 2.72. The third-order valence-corrected chi connectivity index (χ3v) is 10.2. The van der Waals surface area contributed by atoms with Crippen molar-refractivity contribution in [2.45, 2.75) is 85.4 Å². The van der Waals surface area contributed by atoms with Gasteiger partial charge in [-0.3, -0.25) is 14.4 Å². The van der Waals surface area contributed by atoms with Gasteiger partial charge in [0, 0.05) is 29.6 Å². The summed E-state index contributed by atoms with van der Waals surface area (Å²) in [6.07, 6.45) is 5.87. The first-order valence-electron chi connectivity index (χ1n) is 12.7. The standard InChI is InChI=1S/C28H39FO4/c1-7-18(17(4)30)12-23(32)25-16(3)11-21-22-10-15(2)20-13-19(31)8-9-27(20,6)28(22,29)24(33)14-26(21,25)5/h8-9,13,15-16,18,21-22,24-25,33H,7,10-12,14H2,1-6H3/t15-,16+,18?,21?,22?,24?,25?,26?,27?,28-/m0/s1. The molecular weight excluding hydrogens is 419 g/mol. The van der Waals surface area contributed by atoms with Crippen LogP contribution in [0.15, 0.2) is 23.8 Å². The molecule has 0 aromatic rings. The number of Topliss-reactive ketones (excluding diaryl/α,β-unsaturated/α-hetero) is 2. The van der Waals surface area contributed by atoms with Gasteiger partial charge in [-0.1, -0.05) is 39.3 Å². The number of rotatable bonds is 5. The Morgan fingerprint density at radius 2 is 1.88 bits per heavy atom. The van der Waals surface area contributed by atoms with E-state index < -0.39 is 28.5 Å². The Balaban J connectivity index is 1.73. The number of alkyl halides is 1. The highest BCUT2D eigenvalue weighted by molar-refractivity contribution is 6.01. The molecular formula is C28H39FO4. The first-order valence-corrected chi connectivity index (χ1v) is 12.7. The van der Waals surface area contributed by atoms with E-state index in [9.17, 15) is 19.5 Å². The second kappa shape index (κ2) is 7.96. The van der Waals surface area contributed by atoms with Crippen LogP contribution < -0.4 is 0 Å². The average molecular weight is 459 g/mol. The van der Waals surface area contributed by atoms with Crippen LogP contribution in [0.1, 0.15) is 73.6 Å². The maximum absolute atomic E-state index is 17.3. The topological polar surface area (TPSA) is 71.4 Å². The normalized spacial score (nSPS) is 47.3. The quantitative estimate of drug-likeness (QED) is 0.627. The summed E-state index contributed by atoms with van der Waals surface area (Å²) in [7, 11) is 0. The zero-order valence-electron chi connectivity index (χ0n) is 20.9. The van der Waals surface area contributed by atoms with Gasteiger partial charge in [0.25, 0.3) is 0 Å². The molecule has 1 N–H and O–H groups in total. The van der Waals surface area contributed by atoms with Crippen molar-refractivity contribution < 1.29 is 23.9 Å². The number of fused-ring (bicyclic) bond motifs is 5. The van der Waals surface area contributed by atoms with E-state index >= 15 is 4.39 Å². The molecule has 5 heteroatoms. The molecule has 0 aliphatic heterocycles. The molecule has 7 unspecified atom stereocenters. The monoisotopic (exact) mass is 458 g/mol. The van der Waals surface area contributed by atoms with Crippen molar-refractivity contribution in [2.75, 3.05) is 0 Å². The number of halogens is 1. The Bertz CT molecular complexity index is 936. The van der Waals surface area contributed by atoms with Gasteiger partial charge in [0.05, 0.1) is 6.10 Å². The van der Waals surface area contributed by atoms with Gasteiger partial charge in [0.1, 0.15) is 11.6 Å². The molecule has 10 atom stereocenters. The van der Waals surface area contributed by atoms with Crippen LogP contribution in [0.25, 0.3) is 0 Å². The Morgan fingerprint density at radius 3 is 2.48 bits per heavy atom. The van der Waals surface area contributed by atoms with Gasteiger partial charge in [-0.25, -0.2) is 4.39 Å². The summed E-state index contributed by atoms with van der Waals surface area (Å²) in [5.74, 6) is -0.859. The summed E-state index contributed by atoms with van der Waals surface area (Å²) in [4.78, 5) is 37.6. The minimum atomic E-state index is -1.88. The molecule has 0 heterocycles. The third-order valence-electron chi connectivity index (χ3n) is 10.2. The number of carbonyl (C=O) groups excluding carboxylic acids is 3. The zero-order chi connectivity index (χ0) is 24.5. The van der Waals surface area contributed by atoms with Gasteiger partial charge in [0.2, 0.25) is 0 Å². The maximum Gasteiger partial charge on any atom is 0.178 e. The Hall–Kier alpha value is -1.62. The lowest BCUT2D eigenvalue weighted by atomic mass is 9.43. The molecule has 0 aromatic heterocycles. The van der Waals surface area contributed by atoms with Crippen molar-refractivity contribution in [3.05, 3.63) is 23.8 Å². The zero-order valence-corrected chi connectivity index (χ0v) is 20.9. The summed E-state index contributed by atoms with van der Waals surface area (Å²) in [6.45, 7) is 11.5. The summed E-state index contributed by atoms with van der Waals surface area (Å²) >= 11 is 0. The van der Waals surface area contributed by atoms with Crippen LogP contribution in [0, 0.1) is 46.3 Å². The molecule has 0 spiro atoms. The minimum absolute atomic E-state index is 0.0274. The first kappa shape index (κ1) is 24.5. The minimum Gasteiger partial charge on any atom is -0.390 e. The van der Waals surface area contributed by atoms with E-state index in [1.807, 2.05) is 20.8 Å². The predicted molar refractivity (Wildman–Crippen MR) is 125 cm³/mol. The number of hydrogen-bond donors (Lipinski definition) is 1. The molecule has 182 valence electrons. The van der Waals surface area contributed by atoms with Crippen molar-refractivity contribution in [3.63, 3.8) is 0 Å². The number of carbonyl (C=O) groups is 3. The summed E-state index contributed by atoms with van der Waals surface area (Å²) in [5.41, 5.74) is -2.63. The summed E-state index contributed by atoms with van der Waals surface area (Å²) < 4.78 is 17.3.